The van der Waals surface area contributed by atoms with E-state index in [2.05, 4.69) is 37.3 Å². The first-order valence-corrected chi connectivity index (χ1v) is 5.09. The van der Waals surface area contributed by atoms with Gasteiger partial charge < -0.3 is 4.74 Å². The zero-order valence-electron chi connectivity index (χ0n) is 8.87. The fraction of sp³-hybridized carbons (Fsp3) is 0.143. The number of hydrogen-bond acceptors (Lipinski definition) is 1. The van der Waals surface area contributed by atoms with Gasteiger partial charge in [0.1, 0.15) is 5.75 Å². The van der Waals surface area contributed by atoms with Gasteiger partial charge in [0, 0.05) is 5.56 Å². The molecule has 1 nitrogen and oxygen atoms in total. The van der Waals surface area contributed by atoms with Gasteiger partial charge in [-0.15, -0.1) is 0 Å². The van der Waals surface area contributed by atoms with E-state index in [0.717, 1.165) is 5.75 Å². The van der Waals surface area contributed by atoms with Crippen LogP contribution in [0.4, 0.5) is 0 Å². The van der Waals surface area contributed by atoms with Crippen LogP contribution in [0.5, 0.6) is 5.75 Å². The van der Waals surface area contributed by atoms with Gasteiger partial charge in [-0.1, -0.05) is 24.3 Å². The highest BCUT2D eigenvalue weighted by Crippen LogP contribution is 2.40. The second-order valence-electron chi connectivity index (χ2n) is 3.94. The lowest BCUT2D eigenvalue weighted by Gasteiger charge is -2.08. The molecule has 2 aromatic carbocycles. The zero-order valence-corrected chi connectivity index (χ0v) is 8.87. The number of rotatable bonds is 1. The molecule has 0 radical (unpaired) electrons. The van der Waals surface area contributed by atoms with Gasteiger partial charge >= 0.3 is 0 Å². The van der Waals surface area contributed by atoms with Crippen LogP contribution in [0.1, 0.15) is 5.56 Å². The SMILES string of the molecule is COc1ccc2cc1-c1ccc-2cc1C. The molecule has 0 atom stereocenters. The monoisotopic (exact) mass is 196 g/mol. The van der Waals surface area contributed by atoms with E-state index in [1.54, 1.807) is 7.11 Å². The molecular weight excluding hydrogens is 184 g/mol. The number of ether oxygens (including phenoxy) is 1. The summed E-state index contributed by atoms with van der Waals surface area (Å²) in [5.74, 6) is 0.953. The molecule has 0 saturated heterocycles. The van der Waals surface area contributed by atoms with E-state index in [-0.39, 0.29) is 0 Å². The Balaban J connectivity index is 2.43. The molecule has 0 amide bonds. The van der Waals surface area contributed by atoms with Crippen molar-refractivity contribution >= 4 is 0 Å². The molecule has 2 aliphatic carbocycles. The van der Waals surface area contributed by atoms with Gasteiger partial charge in [-0.25, -0.2) is 0 Å². The molecule has 0 spiro atoms. The minimum Gasteiger partial charge on any atom is -0.496 e. The smallest absolute Gasteiger partial charge is 0.126 e. The Morgan fingerprint density at radius 2 is 1.60 bits per heavy atom. The molecule has 0 fully saturated rings. The molecule has 0 N–H and O–H groups in total. The summed E-state index contributed by atoms with van der Waals surface area (Å²) in [4.78, 5) is 0. The van der Waals surface area contributed by atoms with Gasteiger partial charge in [-0.2, -0.15) is 0 Å². The Labute approximate surface area is 89.3 Å². The van der Waals surface area contributed by atoms with Crippen molar-refractivity contribution in [2.45, 2.75) is 6.92 Å². The van der Waals surface area contributed by atoms with Crippen LogP contribution in [-0.2, 0) is 0 Å². The van der Waals surface area contributed by atoms with E-state index < -0.39 is 0 Å². The van der Waals surface area contributed by atoms with E-state index in [1.165, 1.54) is 27.8 Å². The first-order chi connectivity index (χ1) is 7.29. The molecule has 15 heavy (non-hydrogen) atoms. The zero-order chi connectivity index (χ0) is 10.4. The second kappa shape index (κ2) is 2.86. The minimum atomic E-state index is 0.953. The lowest BCUT2D eigenvalue weighted by molar-refractivity contribution is 0.416. The lowest BCUT2D eigenvalue weighted by atomic mass is 10.0. The van der Waals surface area contributed by atoms with Crippen molar-refractivity contribution in [3.63, 3.8) is 0 Å². The standard InChI is InChI=1S/C14H12O/c1-9-7-10-3-5-12(9)13-8-11(10)4-6-14(13)15-2/h3-8H,1-2H3. The van der Waals surface area contributed by atoms with Crippen LogP contribution in [0, 0.1) is 6.92 Å². The molecular formula is C14H12O. The summed E-state index contributed by atoms with van der Waals surface area (Å²) < 4.78 is 5.39. The van der Waals surface area contributed by atoms with Crippen LogP contribution in [0.2, 0.25) is 0 Å². The van der Waals surface area contributed by atoms with Gasteiger partial charge in [-0.05, 0) is 41.3 Å². The van der Waals surface area contributed by atoms with Crippen LogP contribution in [0.3, 0.4) is 0 Å². The van der Waals surface area contributed by atoms with E-state index in [1.807, 2.05) is 6.07 Å². The topological polar surface area (TPSA) is 9.23 Å². The van der Waals surface area contributed by atoms with Crippen LogP contribution in [-0.4, -0.2) is 7.11 Å². The van der Waals surface area contributed by atoms with Gasteiger partial charge in [0.25, 0.3) is 0 Å². The average molecular weight is 196 g/mol. The largest absolute Gasteiger partial charge is 0.496 e. The maximum absolute atomic E-state index is 5.39. The molecule has 0 heterocycles. The third-order valence-electron chi connectivity index (χ3n) is 3.05. The molecule has 74 valence electrons. The molecule has 0 unspecified atom stereocenters. The van der Waals surface area contributed by atoms with Crippen molar-refractivity contribution in [3.05, 3.63) is 42.0 Å². The summed E-state index contributed by atoms with van der Waals surface area (Å²) in [6, 6.07) is 12.9. The first kappa shape index (κ1) is 8.54. The van der Waals surface area contributed by atoms with E-state index in [4.69, 9.17) is 4.74 Å². The van der Waals surface area contributed by atoms with Crippen molar-refractivity contribution in [2.24, 2.45) is 0 Å². The Morgan fingerprint density at radius 1 is 0.867 bits per heavy atom. The summed E-state index contributed by atoms with van der Waals surface area (Å²) in [7, 11) is 1.72. The fourth-order valence-electron chi connectivity index (χ4n) is 2.24. The molecule has 2 aliphatic rings. The number of benzene rings is 2. The normalized spacial score (nSPS) is 11.3. The van der Waals surface area contributed by atoms with Crippen LogP contribution < -0.4 is 4.74 Å². The van der Waals surface area contributed by atoms with Crippen LogP contribution in [0.15, 0.2) is 36.4 Å². The van der Waals surface area contributed by atoms with E-state index in [0.29, 0.717) is 0 Å². The van der Waals surface area contributed by atoms with Crippen LogP contribution >= 0.6 is 0 Å². The first-order valence-electron chi connectivity index (χ1n) is 5.09. The number of hydrogen-bond donors (Lipinski definition) is 0. The Bertz CT molecular complexity index is 541. The third kappa shape index (κ3) is 1.09. The highest BCUT2D eigenvalue weighted by Gasteiger charge is 2.14. The number of aryl methyl sites for hydroxylation is 1. The highest BCUT2D eigenvalue weighted by molar-refractivity contribution is 5.84. The van der Waals surface area contributed by atoms with Crippen molar-refractivity contribution in [1.82, 2.24) is 0 Å². The van der Waals surface area contributed by atoms with E-state index in [9.17, 15) is 0 Å². The predicted octanol–water partition coefficient (Wildman–Crippen LogP) is 3.65. The molecule has 2 aromatic rings. The number of fused-ring (bicyclic) bond motifs is 2. The fourth-order valence-corrected chi connectivity index (χ4v) is 2.24. The van der Waals surface area contributed by atoms with Gasteiger partial charge in [-0.3, -0.25) is 0 Å². The lowest BCUT2D eigenvalue weighted by Crippen LogP contribution is -1.87. The molecule has 0 saturated carbocycles. The molecule has 1 heteroatoms. The predicted molar refractivity (Wildman–Crippen MR) is 62.2 cm³/mol. The highest BCUT2D eigenvalue weighted by atomic mass is 16.5. The van der Waals surface area contributed by atoms with Gasteiger partial charge in [0.15, 0.2) is 0 Å². The van der Waals surface area contributed by atoms with Crippen molar-refractivity contribution < 1.29 is 4.74 Å². The molecule has 4 bridgehead atoms. The maximum atomic E-state index is 5.39. The Hall–Kier alpha value is -1.76. The molecule has 0 aromatic heterocycles. The van der Waals surface area contributed by atoms with Crippen molar-refractivity contribution in [2.75, 3.05) is 7.11 Å². The van der Waals surface area contributed by atoms with Gasteiger partial charge in [0.2, 0.25) is 0 Å². The number of methoxy groups -OCH3 is 1. The van der Waals surface area contributed by atoms with Crippen molar-refractivity contribution in [1.29, 1.82) is 0 Å². The summed E-state index contributed by atoms with van der Waals surface area (Å²) in [6.45, 7) is 2.15. The van der Waals surface area contributed by atoms with Crippen LogP contribution in [0.25, 0.3) is 22.3 Å². The minimum absolute atomic E-state index is 0.953. The summed E-state index contributed by atoms with van der Waals surface area (Å²) in [6.07, 6.45) is 0. The molecule has 4 rings (SSSR count). The van der Waals surface area contributed by atoms with E-state index >= 15 is 0 Å². The van der Waals surface area contributed by atoms with Crippen molar-refractivity contribution in [3.8, 4) is 28.0 Å². The average Bonchev–Trinajstić information content (AvgIpc) is 2.45. The molecule has 0 aliphatic heterocycles. The summed E-state index contributed by atoms with van der Waals surface area (Å²) >= 11 is 0. The second-order valence-corrected chi connectivity index (χ2v) is 3.94. The quantitative estimate of drug-likeness (QED) is 0.577. The Morgan fingerprint density at radius 3 is 2.33 bits per heavy atom. The summed E-state index contributed by atoms with van der Waals surface area (Å²) in [5.41, 5.74) is 6.35. The maximum Gasteiger partial charge on any atom is 0.126 e. The summed E-state index contributed by atoms with van der Waals surface area (Å²) in [5, 5.41) is 0. The third-order valence-corrected chi connectivity index (χ3v) is 3.05. The Kier molecular flexibility index (Phi) is 1.63. The van der Waals surface area contributed by atoms with Gasteiger partial charge in [0.05, 0.1) is 7.11 Å².